The Kier molecular flexibility index (Phi) is 5.12. The zero-order chi connectivity index (χ0) is 11.4. The predicted molar refractivity (Wildman–Crippen MR) is 60.2 cm³/mol. The lowest BCUT2D eigenvalue weighted by Gasteiger charge is -2.24. The molecule has 5 heteroatoms. The van der Waals surface area contributed by atoms with E-state index in [1.54, 1.807) is 18.8 Å². The number of thioether (sulfide) groups is 1. The van der Waals surface area contributed by atoms with Gasteiger partial charge >= 0.3 is 0 Å². The summed E-state index contributed by atoms with van der Waals surface area (Å²) >= 11 is 1.58. The zero-order valence-electron chi connectivity index (χ0n) is 9.40. The van der Waals surface area contributed by atoms with Gasteiger partial charge in [0, 0.05) is 11.8 Å². The van der Waals surface area contributed by atoms with Gasteiger partial charge in [-0.3, -0.25) is 4.79 Å². The Morgan fingerprint density at radius 2 is 2.00 bits per heavy atom. The second kappa shape index (κ2) is 5.34. The largest absolute Gasteiger partial charge is 0.322 e. The number of hydrogen-bond acceptors (Lipinski definition) is 4. The Morgan fingerprint density at radius 3 is 2.36 bits per heavy atom. The molecule has 0 aromatic heterocycles. The molecule has 0 aromatic carbocycles. The molecule has 0 saturated heterocycles. The Bertz CT molecular complexity index is 213. The average Bonchev–Trinajstić information content (AvgIpc) is 2.00. The van der Waals surface area contributed by atoms with Gasteiger partial charge in [0.15, 0.2) is 6.67 Å². The van der Waals surface area contributed by atoms with Gasteiger partial charge in [0.1, 0.15) is 0 Å². The normalized spacial score (nSPS) is 13.5. The molecule has 0 bridgehead atoms. The quantitative estimate of drug-likeness (QED) is 0.679. The summed E-state index contributed by atoms with van der Waals surface area (Å²) in [6.07, 6.45) is 0. The van der Waals surface area contributed by atoms with E-state index in [4.69, 9.17) is 0 Å². The standard InChI is InChI=1S/C9H18N2O2S/c1-7(14-9(2,3)4)8(12)11(5)6-10-13/h7H,6H2,1-5H3. The van der Waals surface area contributed by atoms with Crippen LogP contribution in [0.4, 0.5) is 0 Å². The molecule has 14 heavy (non-hydrogen) atoms. The van der Waals surface area contributed by atoms with Crippen LogP contribution in [0.5, 0.6) is 0 Å². The van der Waals surface area contributed by atoms with E-state index in [9.17, 15) is 9.70 Å². The molecular formula is C9H18N2O2S. The summed E-state index contributed by atoms with van der Waals surface area (Å²) in [6, 6.07) is 0. The monoisotopic (exact) mass is 218 g/mol. The Labute approximate surface area is 89.4 Å². The van der Waals surface area contributed by atoms with Crippen molar-refractivity contribution in [2.45, 2.75) is 37.7 Å². The molecule has 0 spiro atoms. The SMILES string of the molecule is CC(SC(C)(C)C)C(=O)N(C)CN=O. The molecule has 0 aliphatic carbocycles. The lowest BCUT2D eigenvalue weighted by molar-refractivity contribution is -0.128. The molecule has 0 saturated carbocycles. The molecule has 0 rings (SSSR count). The minimum atomic E-state index is -0.137. The van der Waals surface area contributed by atoms with E-state index in [-0.39, 0.29) is 22.6 Å². The summed E-state index contributed by atoms with van der Waals surface area (Å²) < 4.78 is 0.0462. The number of rotatable bonds is 4. The first-order chi connectivity index (χ1) is 6.28. The maximum absolute atomic E-state index is 11.6. The van der Waals surface area contributed by atoms with Crippen molar-refractivity contribution in [3.63, 3.8) is 0 Å². The maximum Gasteiger partial charge on any atom is 0.236 e. The van der Waals surface area contributed by atoms with Crippen molar-refractivity contribution in [3.05, 3.63) is 4.91 Å². The number of carbonyl (C=O) groups excluding carboxylic acids is 1. The molecule has 1 amide bonds. The summed E-state index contributed by atoms with van der Waals surface area (Å²) in [5.74, 6) is -0.0514. The topological polar surface area (TPSA) is 49.7 Å². The molecule has 0 radical (unpaired) electrons. The summed E-state index contributed by atoms with van der Waals surface area (Å²) in [4.78, 5) is 22.9. The molecule has 82 valence electrons. The first-order valence-electron chi connectivity index (χ1n) is 4.50. The molecule has 1 unspecified atom stereocenters. The van der Waals surface area contributed by atoms with Gasteiger partial charge in [0.25, 0.3) is 0 Å². The highest BCUT2D eigenvalue weighted by atomic mass is 32.2. The summed E-state index contributed by atoms with van der Waals surface area (Å²) in [7, 11) is 1.59. The molecule has 0 aliphatic rings. The molecule has 0 fully saturated rings. The smallest absolute Gasteiger partial charge is 0.236 e. The van der Waals surface area contributed by atoms with Crippen LogP contribution < -0.4 is 0 Å². The van der Waals surface area contributed by atoms with Crippen LogP contribution in [-0.4, -0.2) is 34.5 Å². The summed E-state index contributed by atoms with van der Waals surface area (Å²) in [5, 5.41) is 2.54. The minimum Gasteiger partial charge on any atom is -0.322 e. The first kappa shape index (κ1) is 13.4. The van der Waals surface area contributed by atoms with E-state index in [1.807, 2.05) is 6.92 Å². The van der Waals surface area contributed by atoms with Crippen molar-refractivity contribution in [1.82, 2.24) is 4.90 Å². The molecule has 4 nitrogen and oxygen atoms in total. The number of carbonyl (C=O) groups is 1. The van der Waals surface area contributed by atoms with Crippen molar-refractivity contribution in [2.75, 3.05) is 13.7 Å². The van der Waals surface area contributed by atoms with Gasteiger partial charge in [-0.1, -0.05) is 20.8 Å². The fourth-order valence-corrected chi connectivity index (χ4v) is 2.39. The second-order valence-electron chi connectivity index (χ2n) is 4.18. The first-order valence-corrected chi connectivity index (χ1v) is 5.38. The third-order valence-corrected chi connectivity index (χ3v) is 2.79. The van der Waals surface area contributed by atoms with Crippen molar-refractivity contribution < 1.29 is 4.79 Å². The highest BCUT2D eigenvalue weighted by molar-refractivity contribution is 8.01. The molecule has 0 heterocycles. The zero-order valence-corrected chi connectivity index (χ0v) is 10.2. The van der Waals surface area contributed by atoms with Crippen LogP contribution in [0.2, 0.25) is 0 Å². The van der Waals surface area contributed by atoms with Crippen LogP contribution in [0.1, 0.15) is 27.7 Å². The molecule has 0 N–H and O–H groups in total. The Hall–Kier alpha value is -0.580. The van der Waals surface area contributed by atoms with Crippen LogP contribution in [0, 0.1) is 4.91 Å². The van der Waals surface area contributed by atoms with Gasteiger partial charge in [-0.2, -0.15) is 0 Å². The van der Waals surface area contributed by atoms with Gasteiger partial charge in [-0.05, 0) is 12.1 Å². The maximum atomic E-state index is 11.6. The third kappa shape index (κ3) is 5.21. The van der Waals surface area contributed by atoms with Crippen molar-refractivity contribution >= 4 is 17.7 Å². The number of nitroso groups, excluding NO2 is 1. The average molecular weight is 218 g/mol. The van der Waals surface area contributed by atoms with Crippen molar-refractivity contribution in [1.29, 1.82) is 0 Å². The number of hydrogen-bond donors (Lipinski definition) is 0. The lowest BCUT2D eigenvalue weighted by Crippen LogP contribution is -2.35. The van der Waals surface area contributed by atoms with Gasteiger partial charge in [-0.25, -0.2) is 0 Å². The van der Waals surface area contributed by atoms with E-state index in [0.29, 0.717) is 0 Å². The molecule has 0 aliphatic heterocycles. The van der Waals surface area contributed by atoms with Crippen LogP contribution >= 0.6 is 11.8 Å². The fourth-order valence-electron chi connectivity index (χ4n) is 1.05. The molecular weight excluding hydrogens is 200 g/mol. The third-order valence-electron chi connectivity index (χ3n) is 1.52. The number of nitrogens with zero attached hydrogens (tertiary/aromatic N) is 2. The van der Waals surface area contributed by atoms with Gasteiger partial charge in [0.2, 0.25) is 5.91 Å². The van der Waals surface area contributed by atoms with Gasteiger partial charge in [0.05, 0.1) is 5.25 Å². The van der Waals surface area contributed by atoms with Crippen LogP contribution in [0.25, 0.3) is 0 Å². The van der Waals surface area contributed by atoms with Gasteiger partial charge in [-0.15, -0.1) is 16.7 Å². The second-order valence-corrected chi connectivity index (χ2v) is 6.35. The molecule has 1 atom stereocenters. The van der Waals surface area contributed by atoms with E-state index in [1.165, 1.54) is 4.90 Å². The van der Waals surface area contributed by atoms with Crippen LogP contribution in [0.15, 0.2) is 5.18 Å². The summed E-state index contributed by atoms with van der Waals surface area (Å²) in [6.45, 7) is 7.94. The Morgan fingerprint density at radius 1 is 1.50 bits per heavy atom. The lowest BCUT2D eigenvalue weighted by atomic mass is 10.3. The van der Waals surface area contributed by atoms with E-state index >= 15 is 0 Å². The van der Waals surface area contributed by atoms with Crippen LogP contribution in [0.3, 0.4) is 0 Å². The van der Waals surface area contributed by atoms with Crippen molar-refractivity contribution in [3.8, 4) is 0 Å². The van der Waals surface area contributed by atoms with Crippen LogP contribution in [-0.2, 0) is 4.79 Å². The highest BCUT2D eigenvalue weighted by Gasteiger charge is 2.23. The Balaban J connectivity index is 4.18. The van der Waals surface area contributed by atoms with E-state index in [2.05, 4.69) is 25.9 Å². The molecule has 0 aromatic rings. The van der Waals surface area contributed by atoms with E-state index in [0.717, 1.165) is 0 Å². The summed E-state index contributed by atoms with van der Waals surface area (Å²) in [5.41, 5.74) is 0. The number of amides is 1. The highest BCUT2D eigenvalue weighted by Crippen LogP contribution is 2.28. The van der Waals surface area contributed by atoms with E-state index < -0.39 is 0 Å². The fraction of sp³-hybridized carbons (Fsp3) is 0.889. The predicted octanol–water partition coefficient (Wildman–Crippen LogP) is 2.09. The minimum absolute atomic E-state index is 0.0462. The van der Waals surface area contributed by atoms with Gasteiger partial charge < -0.3 is 4.90 Å². The van der Waals surface area contributed by atoms with Crippen molar-refractivity contribution in [2.24, 2.45) is 5.18 Å².